The molecule has 20 nitrogen and oxygen atoms in total. The minimum Gasteiger partial charge on any atom is -0.508 e. The van der Waals surface area contributed by atoms with Gasteiger partial charge in [0.1, 0.15) is 30.0 Å². The third-order valence-corrected chi connectivity index (χ3v) is 9.94. The van der Waals surface area contributed by atoms with Crippen molar-refractivity contribution in [2.24, 2.45) is 5.73 Å². The Hall–Kier alpha value is -6.51. The molecule has 5 rings (SSSR count). The molecular weight excluding hydrogens is 758 g/mol. The van der Waals surface area contributed by atoms with E-state index in [2.05, 4.69) is 31.2 Å². The van der Waals surface area contributed by atoms with Gasteiger partial charge in [-0.05, 0) is 49.6 Å². The number of aliphatic hydroxyl groups excluding tert-OH is 1. The number of aromatic nitrogens is 3. The molecule has 0 spiro atoms. The normalized spacial score (nSPS) is 18.9. The fourth-order valence-corrected chi connectivity index (χ4v) is 6.64. The van der Waals surface area contributed by atoms with E-state index in [-0.39, 0.29) is 31.6 Å². The minimum atomic E-state index is -1.46. The molecule has 2 aromatic carbocycles. The molecule has 310 valence electrons. The van der Waals surface area contributed by atoms with Crippen LogP contribution in [0.25, 0.3) is 10.9 Å². The van der Waals surface area contributed by atoms with Crippen LogP contribution in [0.3, 0.4) is 0 Å². The number of H-pyrrole nitrogens is 2. The zero-order chi connectivity index (χ0) is 42.3. The van der Waals surface area contributed by atoms with Crippen molar-refractivity contribution in [2.75, 3.05) is 13.6 Å². The first kappa shape index (κ1) is 42.6. The molecule has 1 aliphatic heterocycles. The number of aliphatic hydroxyl groups is 1. The summed E-state index contributed by atoms with van der Waals surface area (Å²) in [5, 5.41) is 41.1. The molecule has 58 heavy (non-hydrogen) atoms. The first-order chi connectivity index (χ1) is 27.5. The Kier molecular flexibility index (Phi) is 13.7. The second-order valence-corrected chi connectivity index (χ2v) is 14.2. The van der Waals surface area contributed by atoms with E-state index < -0.39 is 89.6 Å². The third kappa shape index (κ3) is 10.5. The monoisotopic (exact) mass is 805 g/mol. The van der Waals surface area contributed by atoms with Crippen molar-refractivity contribution in [3.8, 4) is 5.75 Å². The average molecular weight is 806 g/mol. The number of amides is 5. The number of fused-ring (bicyclic) bond motifs is 1. The number of aromatic amines is 2. The summed E-state index contributed by atoms with van der Waals surface area (Å²) in [4.78, 5) is 96.1. The van der Waals surface area contributed by atoms with Crippen LogP contribution < -0.4 is 38.2 Å². The van der Waals surface area contributed by atoms with Crippen molar-refractivity contribution < 1.29 is 44.0 Å². The number of likely N-dealkylation sites (N-methyl/N-ethyl adjacent to an activating group) is 1. The molecule has 1 aliphatic rings. The average Bonchev–Trinajstić information content (AvgIpc) is 3.76. The number of phenolic OH excluding ortho intramolecular Hbond substituents is 1. The number of aromatic hydroxyl groups is 1. The van der Waals surface area contributed by atoms with Gasteiger partial charge in [0.15, 0.2) is 6.23 Å². The van der Waals surface area contributed by atoms with Crippen LogP contribution >= 0.6 is 0 Å². The van der Waals surface area contributed by atoms with Crippen LogP contribution in [0, 0.1) is 0 Å². The van der Waals surface area contributed by atoms with E-state index in [4.69, 9.17) is 10.5 Å². The molecule has 20 heteroatoms. The number of phenols is 1. The molecule has 3 heterocycles. The highest BCUT2D eigenvalue weighted by Crippen LogP contribution is 2.27. The number of nitrogens with zero attached hydrogens (tertiary/aromatic N) is 2. The number of hydrogen-bond donors (Lipinski definition) is 10. The maximum atomic E-state index is 13.8. The minimum absolute atomic E-state index is 0.0148. The van der Waals surface area contributed by atoms with Crippen molar-refractivity contribution in [1.29, 1.82) is 0 Å². The van der Waals surface area contributed by atoms with Crippen LogP contribution in [0.2, 0.25) is 0 Å². The van der Waals surface area contributed by atoms with Gasteiger partial charge in [-0.1, -0.05) is 30.3 Å². The first-order valence-corrected chi connectivity index (χ1v) is 18.4. The number of urea groups is 1. The molecule has 0 bridgehead atoms. The predicted octanol–water partition coefficient (Wildman–Crippen LogP) is -1.23. The van der Waals surface area contributed by atoms with Gasteiger partial charge in [0, 0.05) is 55.8 Å². The predicted molar refractivity (Wildman–Crippen MR) is 207 cm³/mol. The van der Waals surface area contributed by atoms with Gasteiger partial charge in [-0.2, -0.15) is 0 Å². The number of carboxylic acid groups (broad SMARTS) is 1. The Labute approximate surface area is 330 Å². The molecule has 8 atom stereocenters. The van der Waals surface area contributed by atoms with E-state index in [1.807, 2.05) is 18.2 Å². The van der Waals surface area contributed by atoms with Gasteiger partial charge in [0.25, 0.3) is 5.56 Å². The summed E-state index contributed by atoms with van der Waals surface area (Å²) in [6, 6.07) is 7.27. The van der Waals surface area contributed by atoms with Crippen molar-refractivity contribution in [1.82, 2.24) is 40.7 Å². The lowest BCUT2D eigenvalue weighted by molar-refractivity contribution is -0.139. The molecule has 2 aromatic heterocycles. The maximum absolute atomic E-state index is 13.8. The van der Waals surface area contributed by atoms with Crippen LogP contribution in [0.4, 0.5) is 4.79 Å². The molecule has 5 amide bonds. The zero-order valence-electron chi connectivity index (χ0n) is 31.9. The Balaban J connectivity index is 1.26. The number of carbonyl (C=O) groups excluding carboxylic acids is 4. The SMILES string of the molecule is C[C@H](NC(=O)N[C@@H](Cc1c[nH]c2ccccc12)C(=O)O)C(=O)NC(C(=O)NC[C@H]1C[C@@H](O)[C@H](n2ccc(=O)[nH]c2=O)O1)[C@H](C)N(C)C(=O)[C@@H](N)Cc1cccc(O)c1. The summed E-state index contributed by atoms with van der Waals surface area (Å²) in [7, 11) is 1.39. The topological polar surface area (TPSA) is 303 Å². The Morgan fingerprint density at radius 1 is 1.00 bits per heavy atom. The van der Waals surface area contributed by atoms with Gasteiger partial charge in [-0.3, -0.25) is 28.7 Å². The summed E-state index contributed by atoms with van der Waals surface area (Å²) in [5.41, 5.74) is 6.81. The Morgan fingerprint density at radius 2 is 1.74 bits per heavy atom. The lowest BCUT2D eigenvalue weighted by Crippen LogP contribution is -2.62. The van der Waals surface area contributed by atoms with Crippen LogP contribution in [-0.2, 0) is 36.8 Å². The van der Waals surface area contributed by atoms with E-state index in [0.29, 0.717) is 11.1 Å². The Bertz CT molecular complexity index is 2260. The quantitative estimate of drug-likeness (QED) is 0.0637. The smallest absolute Gasteiger partial charge is 0.330 e. The number of hydrogen-bond acceptors (Lipinski definition) is 11. The lowest BCUT2D eigenvalue weighted by atomic mass is 10.0. The molecule has 1 unspecified atom stereocenters. The standard InChI is InChI=1S/C38H47N9O11/c1-19(42-37(56)43-28(36(54)55)15-22-17-40-27-10-5-4-9-25(22)27)32(51)45-31(20(2)46(3)34(53)26(39)14-21-7-6-8-23(48)13-21)33(52)41-18-24-16-29(49)35(58-24)47-12-11-30(50)44-38(47)57/h4-13,17,19-20,24,26,28-29,31,35,40,48-49H,14-16,18,39H2,1-3H3,(H,41,52)(H,45,51)(H,54,55)(H2,42,43,56)(H,44,50,57)/t19-,20-,24+,26-,28-,29+,31?,35+/m0/s1. The van der Waals surface area contributed by atoms with Gasteiger partial charge >= 0.3 is 17.7 Å². The second kappa shape index (κ2) is 18.6. The highest BCUT2D eigenvalue weighted by molar-refractivity contribution is 5.93. The lowest BCUT2D eigenvalue weighted by Gasteiger charge is -2.34. The van der Waals surface area contributed by atoms with E-state index >= 15 is 0 Å². The maximum Gasteiger partial charge on any atom is 0.330 e. The molecular formula is C38H47N9O11. The first-order valence-electron chi connectivity index (χ1n) is 18.4. The molecule has 4 aromatic rings. The van der Waals surface area contributed by atoms with Crippen LogP contribution in [-0.4, -0.2) is 120 Å². The zero-order valence-corrected chi connectivity index (χ0v) is 31.9. The van der Waals surface area contributed by atoms with Crippen molar-refractivity contribution in [2.45, 2.75) is 81.8 Å². The summed E-state index contributed by atoms with van der Waals surface area (Å²) < 4.78 is 6.82. The molecule has 1 fully saturated rings. The number of nitrogens with two attached hydrogens (primary N) is 1. The van der Waals surface area contributed by atoms with Gasteiger partial charge in [-0.15, -0.1) is 0 Å². The highest BCUT2D eigenvalue weighted by atomic mass is 16.5. The van der Waals surface area contributed by atoms with E-state index in [0.717, 1.165) is 21.5 Å². The fourth-order valence-electron chi connectivity index (χ4n) is 6.64. The number of aliphatic carboxylic acids is 1. The van der Waals surface area contributed by atoms with Gasteiger partial charge < -0.3 is 56.9 Å². The molecule has 0 radical (unpaired) electrons. The number of carboxylic acids is 1. The van der Waals surface area contributed by atoms with Gasteiger partial charge in [-0.25, -0.2) is 14.4 Å². The van der Waals surface area contributed by atoms with Crippen LogP contribution in [0.1, 0.15) is 37.6 Å². The summed E-state index contributed by atoms with van der Waals surface area (Å²) in [5.74, 6) is -3.57. The van der Waals surface area contributed by atoms with Crippen molar-refractivity contribution in [3.05, 3.63) is 99.0 Å². The fraction of sp³-hybridized carbons (Fsp3) is 0.395. The van der Waals surface area contributed by atoms with Crippen LogP contribution in [0.15, 0.2) is 76.6 Å². The number of carbonyl (C=O) groups is 5. The van der Waals surface area contributed by atoms with Crippen molar-refractivity contribution >= 4 is 40.6 Å². The number of para-hydroxylation sites is 1. The largest absolute Gasteiger partial charge is 0.508 e. The molecule has 1 saturated heterocycles. The summed E-state index contributed by atoms with van der Waals surface area (Å²) >= 11 is 0. The van der Waals surface area contributed by atoms with E-state index in [1.165, 1.54) is 44.1 Å². The highest BCUT2D eigenvalue weighted by Gasteiger charge is 2.38. The molecule has 0 aliphatic carbocycles. The number of ether oxygens (including phenoxy) is 1. The molecule has 11 N–H and O–H groups in total. The van der Waals surface area contributed by atoms with Gasteiger partial charge in [0.2, 0.25) is 17.7 Å². The number of rotatable bonds is 16. The van der Waals surface area contributed by atoms with E-state index in [1.54, 1.807) is 24.4 Å². The molecule has 0 saturated carbocycles. The van der Waals surface area contributed by atoms with E-state index in [9.17, 15) is 48.9 Å². The summed E-state index contributed by atoms with van der Waals surface area (Å²) in [6.07, 6.45) is -0.386. The second-order valence-electron chi connectivity index (χ2n) is 14.2. The number of benzene rings is 2. The van der Waals surface area contributed by atoms with Gasteiger partial charge in [0.05, 0.1) is 18.2 Å². The van der Waals surface area contributed by atoms with Crippen molar-refractivity contribution in [3.63, 3.8) is 0 Å². The summed E-state index contributed by atoms with van der Waals surface area (Å²) in [6.45, 7) is 2.60. The number of nitrogens with one attached hydrogen (secondary N) is 6. The third-order valence-electron chi connectivity index (χ3n) is 9.94. The Morgan fingerprint density at radius 3 is 2.45 bits per heavy atom. The van der Waals surface area contributed by atoms with Crippen LogP contribution in [0.5, 0.6) is 5.75 Å².